The summed E-state index contributed by atoms with van der Waals surface area (Å²) < 4.78 is 0. The third kappa shape index (κ3) is 4.47. The molecule has 0 fully saturated rings. The topological polar surface area (TPSA) is 35.8 Å². The van der Waals surface area contributed by atoms with Crippen molar-refractivity contribution in [2.45, 2.75) is 18.1 Å². The number of nitrogens with zero attached hydrogens (tertiary/aromatic N) is 2. The molecule has 23 heavy (non-hydrogen) atoms. The van der Waals surface area contributed by atoms with Gasteiger partial charge in [-0.15, -0.1) is 23.1 Å². The summed E-state index contributed by atoms with van der Waals surface area (Å²) in [5.74, 6) is 0. The lowest BCUT2D eigenvalue weighted by Gasteiger charge is -2.19. The van der Waals surface area contributed by atoms with Gasteiger partial charge in [-0.1, -0.05) is 30.3 Å². The molecule has 0 radical (unpaired) electrons. The molecule has 0 spiro atoms. The average Bonchev–Trinajstić information content (AvgIpc) is 3.27. The van der Waals surface area contributed by atoms with Gasteiger partial charge in [0.2, 0.25) is 0 Å². The lowest BCUT2D eigenvalue weighted by atomic mass is 10.3. The van der Waals surface area contributed by atoms with Crippen LogP contribution in [0.4, 0.5) is 5.69 Å². The summed E-state index contributed by atoms with van der Waals surface area (Å²) in [4.78, 5) is 2.70. The maximum atomic E-state index is 9.09. The van der Waals surface area contributed by atoms with Crippen molar-refractivity contribution in [2.75, 3.05) is 18.2 Å². The Morgan fingerprint density at radius 1 is 1.22 bits per heavy atom. The van der Waals surface area contributed by atoms with Crippen molar-refractivity contribution in [1.82, 2.24) is 0 Å². The van der Waals surface area contributed by atoms with E-state index in [-0.39, 0.29) is 6.61 Å². The predicted molar refractivity (Wildman–Crippen MR) is 102 cm³/mol. The van der Waals surface area contributed by atoms with E-state index >= 15 is 0 Å². The average molecular weight is 345 g/mol. The molecule has 5 heteroatoms. The van der Waals surface area contributed by atoms with E-state index in [4.69, 9.17) is 5.11 Å². The van der Waals surface area contributed by atoms with E-state index < -0.39 is 0 Å². The number of para-hydroxylation sites is 1. The monoisotopic (exact) mass is 344 g/mol. The van der Waals surface area contributed by atoms with Gasteiger partial charge in [-0.25, -0.2) is 0 Å². The summed E-state index contributed by atoms with van der Waals surface area (Å²) in [7, 11) is 0. The van der Waals surface area contributed by atoms with Crippen molar-refractivity contribution in [3.63, 3.8) is 0 Å². The molecule has 1 aliphatic rings. The fraction of sp³-hybridized carbons (Fsp3) is 0.278. The molecule has 1 aromatic heterocycles. The van der Waals surface area contributed by atoms with Gasteiger partial charge in [0.25, 0.3) is 0 Å². The Morgan fingerprint density at radius 2 is 2.09 bits per heavy atom. The molecule has 1 unspecified atom stereocenters. The van der Waals surface area contributed by atoms with Gasteiger partial charge in [0.05, 0.1) is 10.9 Å². The number of rotatable bonds is 7. The van der Waals surface area contributed by atoms with Crippen LogP contribution in [-0.2, 0) is 0 Å². The maximum Gasteiger partial charge on any atom is 0.0593 e. The molecule has 1 aliphatic heterocycles. The van der Waals surface area contributed by atoms with Crippen LogP contribution in [0, 0.1) is 0 Å². The summed E-state index contributed by atoms with van der Waals surface area (Å²) in [5, 5.41) is 18.2. The quantitative estimate of drug-likeness (QED) is 0.595. The minimum absolute atomic E-state index is 0.182. The highest BCUT2D eigenvalue weighted by Gasteiger charge is 2.18. The third-order valence-corrected chi connectivity index (χ3v) is 5.82. The minimum atomic E-state index is 0.182. The molecule has 2 heterocycles. The Labute approximate surface area is 145 Å². The zero-order valence-electron chi connectivity index (χ0n) is 12.8. The first-order valence-corrected chi connectivity index (χ1v) is 9.51. The van der Waals surface area contributed by atoms with E-state index in [1.165, 1.54) is 9.78 Å². The molecule has 3 nitrogen and oxygen atoms in total. The fourth-order valence-corrected chi connectivity index (χ4v) is 4.34. The number of thioether (sulfide) groups is 1. The van der Waals surface area contributed by atoms with Crippen LogP contribution in [0.15, 0.2) is 59.0 Å². The second-order valence-electron chi connectivity index (χ2n) is 5.24. The molecule has 2 aromatic rings. The molecule has 3 rings (SSSR count). The van der Waals surface area contributed by atoms with Gasteiger partial charge in [-0.05, 0) is 36.4 Å². The molecule has 120 valence electrons. The molecule has 0 saturated heterocycles. The highest BCUT2D eigenvalue weighted by molar-refractivity contribution is 8.09. The van der Waals surface area contributed by atoms with E-state index in [9.17, 15) is 0 Å². The standard InChI is InChI=1S/C18H20N2OS2/c21-12-5-11-20(15-6-2-1-3-7-15)19-14-16-9-10-18(23-16)17-8-4-13-22-17/h1-4,6-8,10,13-14,16,21H,5,9,11-12H2/b19-14+. The summed E-state index contributed by atoms with van der Waals surface area (Å²) in [5.41, 5.74) is 1.06. The Kier molecular flexibility index (Phi) is 5.91. The van der Waals surface area contributed by atoms with Crippen molar-refractivity contribution in [3.05, 3.63) is 58.8 Å². The van der Waals surface area contributed by atoms with Gasteiger partial charge in [-0.2, -0.15) is 5.10 Å². The third-order valence-electron chi connectivity index (χ3n) is 3.53. The van der Waals surface area contributed by atoms with Crippen LogP contribution >= 0.6 is 23.1 Å². The van der Waals surface area contributed by atoms with Crippen LogP contribution in [0.3, 0.4) is 0 Å². The lowest BCUT2D eigenvalue weighted by Crippen LogP contribution is -2.20. The highest BCUT2D eigenvalue weighted by Crippen LogP contribution is 2.40. The number of benzene rings is 1. The summed E-state index contributed by atoms with van der Waals surface area (Å²) >= 11 is 3.66. The van der Waals surface area contributed by atoms with Crippen LogP contribution < -0.4 is 5.01 Å². The van der Waals surface area contributed by atoms with Gasteiger partial charge in [0.15, 0.2) is 0 Å². The molecule has 0 bridgehead atoms. The summed E-state index contributed by atoms with van der Waals surface area (Å²) in [6.45, 7) is 0.903. The molecular weight excluding hydrogens is 324 g/mol. The first kappa shape index (κ1) is 16.3. The zero-order chi connectivity index (χ0) is 15.9. The molecule has 1 N–H and O–H groups in total. The van der Waals surface area contributed by atoms with Crippen molar-refractivity contribution < 1.29 is 5.11 Å². The smallest absolute Gasteiger partial charge is 0.0593 e. The first-order valence-electron chi connectivity index (χ1n) is 7.75. The summed E-state index contributed by atoms with van der Waals surface area (Å²) in [6, 6.07) is 14.4. The number of hydrogen-bond donors (Lipinski definition) is 1. The van der Waals surface area contributed by atoms with E-state index in [0.29, 0.717) is 11.7 Å². The van der Waals surface area contributed by atoms with Gasteiger partial charge in [0.1, 0.15) is 0 Å². The Morgan fingerprint density at radius 3 is 2.83 bits per heavy atom. The van der Waals surface area contributed by atoms with E-state index in [1.54, 1.807) is 11.3 Å². The number of thiophene rings is 1. The predicted octanol–water partition coefficient (Wildman–Crippen LogP) is 4.47. The maximum absolute atomic E-state index is 9.09. The Bertz CT molecular complexity index is 653. The van der Waals surface area contributed by atoms with E-state index in [2.05, 4.69) is 28.7 Å². The lowest BCUT2D eigenvalue weighted by molar-refractivity contribution is 0.289. The second kappa shape index (κ2) is 8.34. The SMILES string of the molecule is OCCCN(/N=C/C1CC=C(c2cccs2)S1)c1ccccc1. The number of allylic oxidation sites excluding steroid dienone is 1. The van der Waals surface area contributed by atoms with Crippen LogP contribution in [0.5, 0.6) is 0 Å². The molecule has 1 aromatic carbocycles. The normalized spacial score (nSPS) is 17.6. The van der Waals surface area contributed by atoms with Crippen molar-refractivity contribution in [2.24, 2.45) is 5.10 Å². The largest absolute Gasteiger partial charge is 0.396 e. The fourth-order valence-electron chi connectivity index (χ4n) is 2.38. The number of aliphatic hydroxyl groups is 1. The number of anilines is 1. The van der Waals surface area contributed by atoms with Gasteiger partial charge in [-0.3, -0.25) is 5.01 Å². The molecule has 0 aliphatic carbocycles. The van der Waals surface area contributed by atoms with Crippen LogP contribution in [0.1, 0.15) is 17.7 Å². The molecule has 1 atom stereocenters. The Hall–Kier alpha value is -1.56. The van der Waals surface area contributed by atoms with Gasteiger partial charge < -0.3 is 5.11 Å². The minimum Gasteiger partial charge on any atom is -0.396 e. The van der Waals surface area contributed by atoms with Crippen LogP contribution in [0.2, 0.25) is 0 Å². The number of aliphatic hydroxyl groups excluding tert-OH is 1. The van der Waals surface area contributed by atoms with Crippen LogP contribution in [0.25, 0.3) is 4.91 Å². The number of hydrazone groups is 1. The highest BCUT2D eigenvalue weighted by atomic mass is 32.2. The van der Waals surface area contributed by atoms with Crippen molar-refractivity contribution in [3.8, 4) is 0 Å². The zero-order valence-corrected chi connectivity index (χ0v) is 14.5. The number of hydrogen-bond acceptors (Lipinski definition) is 5. The van der Waals surface area contributed by atoms with Gasteiger partial charge in [0, 0.05) is 29.1 Å². The summed E-state index contributed by atoms with van der Waals surface area (Å²) in [6.07, 6.45) is 6.06. The Balaban J connectivity index is 1.63. The molecule has 0 saturated carbocycles. The first-order chi connectivity index (χ1) is 11.4. The van der Waals surface area contributed by atoms with Gasteiger partial charge >= 0.3 is 0 Å². The molecule has 0 amide bonds. The van der Waals surface area contributed by atoms with Crippen LogP contribution in [-0.4, -0.2) is 29.7 Å². The molecular formula is C18H20N2OS2. The van der Waals surface area contributed by atoms with E-state index in [1.807, 2.05) is 53.3 Å². The van der Waals surface area contributed by atoms with E-state index in [0.717, 1.165) is 18.7 Å². The van der Waals surface area contributed by atoms with Crippen molar-refractivity contribution >= 4 is 39.9 Å². The van der Waals surface area contributed by atoms with Crippen molar-refractivity contribution in [1.29, 1.82) is 0 Å². The second-order valence-corrected chi connectivity index (χ2v) is 7.47.